The van der Waals surface area contributed by atoms with E-state index in [2.05, 4.69) is 37.2 Å². The van der Waals surface area contributed by atoms with Crippen LogP contribution in [0.4, 0.5) is 0 Å². The van der Waals surface area contributed by atoms with Crippen LogP contribution in [-0.2, 0) is 28.8 Å². The summed E-state index contributed by atoms with van der Waals surface area (Å²) in [5.74, 6) is -3.45. The first kappa shape index (κ1) is 62.5. The van der Waals surface area contributed by atoms with Gasteiger partial charge in [-0.15, -0.1) is 0 Å². The fourth-order valence-corrected chi connectivity index (χ4v) is 13.1. The molecule has 5 aromatic carbocycles. The second-order valence-electron chi connectivity index (χ2n) is 24.0. The molecule has 17 nitrogen and oxygen atoms in total. The van der Waals surface area contributed by atoms with Gasteiger partial charge in [-0.1, -0.05) is 172 Å². The summed E-state index contributed by atoms with van der Waals surface area (Å²) in [6, 6.07) is 38.3. The Morgan fingerprint density at radius 3 is 1.22 bits per heavy atom. The van der Waals surface area contributed by atoms with E-state index >= 15 is 9.59 Å². The monoisotopic (exact) mass is 1170 g/mol. The summed E-state index contributed by atoms with van der Waals surface area (Å²) in [6.45, 7) is 3.60. The van der Waals surface area contributed by atoms with Gasteiger partial charge in [-0.3, -0.25) is 38.4 Å². The number of carbonyl (C=O) groups excluding carboxylic acids is 8. The third kappa shape index (κ3) is 15.5. The molecule has 5 aromatic rings. The molecule has 0 radical (unpaired) electrons. The lowest BCUT2D eigenvalue weighted by molar-refractivity contribution is -0.143. The molecule has 0 spiro atoms. The number of ketones is 1. The minimum atomic E-state index is -0.993. The summed E-state index contributed by atoms with van der Waals surface area (Å²) >= 11 is 0. The van der Waals surface area contributed by atoms with Gasteiger partial charge in [-0.05, 0) is 119 Å². The smallest absolute Gasteiger partial charge is 0.251 e. The van der Waals surface area contributed by atoms with E-state index in [-0.39, 0.29) is 85.1 Å². The molecule has 0 bridgehead atoms. The molecule has 8 atom stereocenters. The van der Waals surface area contributed by atoms with E-state index in [0.717, 1.165) is 86.5 Å². The molecule has 0 unspecified atom stereocenters. The van der Waals surface area contributed by atoms with Gasteiger partial charge in [0.1, 0.15) is 24.2 Å². The molecule has 7 N–H and O–H groups in total. The molecule has 7 amide bonds. The number of hydrogen-bond donors (Lipinski definition) is 7. The van der Waals surface area contributed by atoms with Gasteiger partial charge in [0.2, 0.25) is 35.4 Å². The molecule has 2 aliphatic heterocycles. The standard InChI is InChI=1S/C69H85N9O8/c1-44(70-3)63(80)75-61(52-31-19-9-20-32-52)68(85)77-42-46(39-56(77)66(83)73-59(48-23-11-5-12-24-48)49-25-13-6-14-26-49)40-58(79)47-35-37-54(38-36-47)65(82)72-55-41-57(67(84)74-60(50-27-15-7-16-28-50)51-29-17-8-18-30-51)78(43-55)69(86)62(53-33-21-10-22-34-53)76-64(81)45(2)71-4/h5-8,11-18,23-30,35-38,44-46,52-53,55-57,59-62,70-71H,9-10,19-22,31-34,39-43H2,1-4H3,(H,72,82)(H,73,83)(H,74,84)(H,75,80)(H,76,81)/t44-,45-,46+,55-,56-,57-,61-,62-/m0/s1. The number of rotatable bonds is 23. The lowest BCUT2D eigenvalue weighted by atomic mass is 9.83. The van der Waals surface area contributed by atoms with Crippen molar-refractivity contribution in [3.63, 3.8) is 0 Å². The van der Waals surface area contributed by atoms with Crippen molar-refractivity contribution in [2.45, 2.75) is 152 Å². The molecule has 17 heteroatoms. The summed E-state index contributed by atoms with van der Waals surface area (Å²) in [5, 5.41) is 21.7. The van der Waals surface area contributed by atoms with Crippen LogP contribution in [0.3, 0.4) is 0 Å². The Bertz CT molecular complexity index is 2820. The molecule has 86 heavy (non-hydrogen) atoms. The predicted molar refractivity (Wildman–Crippen MR) is 330 cm³/mol. The highest BCUT2D eigenvalue weighted by atomic mass is 16.2. The van der Waals surface area contributed by atoms with E-state index in [4.69, 9.17) is 0 Å². The van der Waals surface area contributed by atoms with Crippen LogP contribution >= 0.6 is 0 Å². The Morgan fingerprint density at radius 2 is 0.826 bits per heavy atom. The van der Waals surface area contributed by atoms with Gasteiger partial charge in [0, 0.05) is 36.7 Å². The molecule has 2 heterocycles. The Morgan fingerprint density at radius 1 is 0.453 bits per heavy atom. The first-order chi connectivity index (χ1) is 41.7. The van der Waals surface area contributed by atoms with Crippen LogP contribution in [0.25, 0.3) is 0 Å². The lowest BCUT2D eigenvalue weighted by Crippen LogP contribution is -2.58. The zero-order valence-electron chi connectivity index (χ0n) is 50.1. The SMILES string of the molecule is CN[C@@H](C)C(=O)N[C@H](C(=O)N1C[C@@H](CC(=O)c2ccc(C(=O)N[C@H]3C[C@@H](C(=O)NC(c4ccccc4)c4ccccc4)N(C(=O)[C@@H](NC(=O)[C@H](C)NC)C4CCCCC4)C3)cc2)C[C@H]1C(=O)NC(c1ccccc1)c1ccccc1)C1CCCCC1. The summed E-state index contributed by atoms with van der Waals surface area (Å²) in [6.07, 6.45) is 9.10. The first-order valence-corrected chi connectivity index (χ1v) is 31.0. The average Bonchev–Trinajstić information content (AvgIpc) is 2.33. The molecular formula is C69H85N9O8. The largest absolute Gasteiger partial charge is 0.347 e. The maximum absolute atomic E-state index is 15.1. The Balaban J connectivity index is 0.927. The third-order valence-electron chi connectivity index (χ3n) is 18.3. The first-order valence-electron chi connectivity index (χ1n) is 31.0. The van der Waals surface area contributed by atoms with E-state index in [1.165, 1.54) is 4.90 Å². The zero-order valence-corrected chi connectivity index (χ0v) is 50.1. The zero-order chi connectivity index (χ0) is 60.7. The van der Waals surface area contributed by atoms with E-state index in [1.807, 2.05) is 121 Å². The van der Waals surface area contributed by atoms with Gasteiger partial charge in [0.15, 0.2) is 5.78 Å². The maximum Gasteiger partial charge on any atom is 0.251 e. The highest BCUT2D eigenvalue weighted by Crippen LogP contribution is 2.35. The van der Waals surface area contributed by atoms with Crippen molar-refractivity contribution in [1.82, 2.24) is 47.0 Å². The number of amides is 7. The van der Waals surface area contributed by atoms with Crippen molar-refractivity contribution in [3.8, 4) is 0 Å². The number of hydrogen-bond acceptors (Lipinski definition) is 10. The molecule has 454 valence electrons. The van der Waals surface area contributed by atoms with Crippen LogP contribution in [0.2, 0.25) is 0 Å². The fraction of sp³-hybridized carbons (Fsp3) is 0.449. The average molecular weight is 1170 g/mol. The number of benzene rings is 5. The normalized spacial score (nSPS) is 20.5. The molecule has 9 rings (SSSR count). The minimum Gasteiger partial charge on any atom is -0.347 e. The van der Waals surface area contributed by atoms with Gasteiger partial charge >= 0.3 is 0 Å². The van der Waals surface area contributed by atoms with Crippen LogP contribution in [0.1, 0.15) is 152 Å². The minimum absolute atomic E-state index is 0.0120. The Labute approximate surface area is 506 Å². The van der Waals surface area contributed by atoms with Crippen LogP contribution < -0.4 is 37.2 Å². The van der Waals surface area contributed by atoms with Gasteiger partial charge in [0.25, 0.3) is 5.91 Å². The van der Waals surface area contributed by atoms with Crippen LogP contribution in [0.15, 0.2) is 146 Å². The van der Waals surface area contributed by atoms with E-state index < -0.39 is 72.1 Å². The van der Waals surface area contributed by atoms with Gasteiger partial charge in [0.05, 0.1) is 24.2 Å². The second kappa shape index (κ2) is 29.9. The maximum atomic E-state index is 15.1. The second-order valence-corrected chi connectivity index (χ2v) is 24.0. The van der Waals surface area contributed by atoms with E-state index in [0.29, 0.717) is 5.56 Å². The molecule has 2 saturated heterocycles. The van der Waals surface area contributed by atoms with Crippen molar-refractivity contribution in [3.05, 3.63) is 179 Å². The van der Waals surface area contributed by atoms with Gasteiger partial charge in [-0.25, -0.2) is 0 Å². The number of nitrogens with one attached hydrogen (secondary N) is 7. The van der Waals surface area contributed by atoms with Gasteiger partial charge in [-0.2, -0.15) is 0 Å². The Kier molecular flexibility index (Phi) is 21.7. The molecule has 4 fully saturated rings. The highest BCUT2D eigenvalue weighted by Gasteiger charge is 2.47. The van der Waals surface area contributed by atoms with E-state index in [9.17, 15) is 28.8 Å². The predicted octanol–water partition coefficient (Wildman–Crippen LogP) is 7.33. The van der Waals surface area contributed by atoms with Crippen molar-refractivity contribution in [2.75, 3.05) is 27.2 Å². The molecule has 4 aliphatic rings. The fourth-order valence-electron chi connectivity index (χ4n) is 13.1. The van der Waals surface area contributed by atoms with Crippen LogP contribution in [0, 0.1) is 17.8 Å². The number of Topliss-reactive ketones (excluding diaryl/α,β-unsaturated/α-hetero) is 1. The van der Waals surface area contributed by atoms with Crippen molar-refractivity contribution in [1.29, 1.82) is 0 Å². The third-order valence-corrected chi connectivity index (χ3v) is 18.3. The number of likely N-dealkylation sites (tertiary alicyclic amines) is 2. The molecule has 2 aliphatic carbocycles. The summed E-state index contributed by atoms with van der Waals surface area (Å²) in [4.78, 5) is 119. The summed E-state index contributed by atoms with van der Waals surface area (Å²) in [7, 11) is 3.37. The lowest BCUT2D eigenvalue weighted by Gasteiger charge is -2.35. The van der Waals surface area contributed by atoms with Crippen LogP contribution in [-0.4, -0.2) is 126 Å². The number of likely N-dealkylation sites (N-methyl/N-ethyl adjacent to an activating group) is 2. The number of nitrogens with zero attached hydrogens (tertiary/aromatic N) is 2. The van der Waals surface area contributed by atoms with Crippen LogP contribution in [0.5, 0.6) is 0 Å². The molecule has 0 aromatic heterocycles. The van der Waals surface area contributed by atoms with Crippen molar-refractivity contribution in [2.24, 2.45) is 17.8 Å². The Hall–Kier alpha value is -8.02. The van der Waals surface area contributed by atoms with Crippen molar-refractivity contribution >= 4 is 47.1 Å². The number of carbonyl (C=O) groups is 8. The topological polar surface area (TPSA) is 227 Å². The quantitative estimate of drug-likeness (QED) is 0.0322. The molecular weight excluding hydrogens is 1080 g/mol. The summed E-state index contributed by atoms with van der Waals surface area (Å²) < 4.78 is 0. The summed E-state index contributed by atoms with van der Waals surface area (Å²) in [5.41, 5.74) is 4.05. The van der Waals surface area contributed by atoms with Gasteiger partial charge < -0.3 is 47.0 Å². The molecule has 2 saturated carbocycles. The van der Waals surface area contributed by atoms with Crippen molar-refractivity contribution < 1.29 is 38.4 Å². The highest BCUT2D eigenvalue weighted by molar-refractivity contribution is 6.00. The van der Waals surface area contributed by atoms with E-state index in [1.54, 1.807) is 57.1 Å².